The van der Waals surface area contributed by atoms with Crippen molar-refractivity contribution in [2.45, 2.75) is 127 Å². The largest absolute Gasteiger partial charge is 0.374 e. The molecule has 0 N–H and O–H groups in total. The first kappa shape index (κ1) is 23.9. The molecule has 8 rings (SSSR count). The predicted octanol–water partition coefficient (Wildman–Crippen LogP) is 4.69. The van der Waals surface area contributed by atoms with Gasteiger partial charge in [-0.25, -0.2) is 0 Å². The van der Waals surface area contributed by atoms with Gasteiger partial charge in [0.15, 0.2) is 0 Å². The molecule has 2 heterocycles. The Balaban J connectivity index is 1.07. The van der Waals surface area contributed by atoms with Crippen LogP contribution in [-0.2, 0) is 19.1 Å². The van der Waals surface area contributed by atoms with Crippen molar-refractivity contribution in [3.63, 3.8) is 0 Å². The standard InChI is InChI=1S/C30H46N2O4/c33-27(31-9-11-35-25-7-3-1-5-23(25)31)18-29-14-21-13-22(15-29)17-30(16-21,20-29)19-28(34)32-10-12-36-26-8-4-2-6-24(26)32/h21-26H,1-20H2. The van der Waals surface area contributed by atoms with Crippen LogP contribution >= 0.6 is 0 Å². The maximum absolute atomic E-state index is 13.9. The smallest absolute Gasteiger partial charge is 0.223 e. The molecular formula is C30H46N2O4. The first-order valence-electron chi connectivity index (χ1n) is 15.3. The Hall–Kier alpha value is -1.14. The fourth-order valence-corrected chi connectivity index (χ4v) is 10.7. The second-order valence-corrected chi connectivity index (χ2v) is 14.0. The van der Waals surface area contributed by atoms with Gasteiger partial charge < -0.3 is 19.3 Å². The summed E-state index contributed by atoms with van der Waals surface area (Å²) >= 11 is 0. The Bertz CT molecular complexity index is 791. The van der Waals surface area contributed by atoms with Crippen molar-refractivity contribution in [1.29, 1.82) is 0 Å². The lowest BCUT2D eigenvalue weighted by atomic mass is 9.43. The zero-order valence-electron chi connectivity index (χ0n) is 22.1. The monoisotopic (exact) mass is 498 g/mol. The fraction of sp³-hybridized carbons (Fsp3) is 0.933. The minimum Gasteiger partial charge on any atom is -0.374 e. The van der Waals surface area contributed by atoms with Crippen molar-refractivity contribution in [3.8, 4) is 0 Å². The Morgan fingerprint density at radius 3 is 1.58 bits per heavy atom. The number of ether oxygens (including phenoxy) is 2. The number of hydrogen-bond acceptors (Lipinski definition) is 4. The molecule has 2 amide bonds. The molecule has 36 heavy (non-hydrogen) atoms. The van der Waals surface area contributed by atoms with Crippen molar-refractivity contribution < 1.29 is 19.1 Å². The summed E-state index contributed by atoms with van der Waals surface area (Å²) in [5.74, 6) is 2.20. The summed E-state index contributed by atoms with van der Waals surface area (Å²) in [6.07, 6.45) is 18.6. The van der Waals surface area contributed by atoms with Crippen LogP contribution in [0.15, 0.2) is 0 Å². The molecule has 6 heteroatoms. The third kappa shape index (κ3) is 4.22. The van der Waals surface area contributed by atoms with Gasteiger partial charge in [-0.1, -0.05) is 25.7 Å². The highest BCUT2D eigenvalue weighted by Crippen LogP contribution is 2.67. The topological polar surface area (TPSA) is 59.1 Å². The summed E-state index contributed by atoms with van der Waals surface area (Å²) in [7, 11) is 0. The van der Waals surface area contributed by atoms with Gasteiger partial charge in [0.1, 0.15) is 0 Å². The van der Waals surface area contributed by atoms with Crippen LogP contribution in [0.4, 0.5) is 0 Å². The van der Waals surface area contributed by atoms with E-state index in [1.54, 1.807) is 0 Å². The zero-order chi connectivity index (χ0) is 24.3. The zero-order valence-corrected chi connectivity index (χ0v) is 22.1. The lowest BCUT2D eigenvalue weighted by molar-refractivity contribution is -0.168. The molecule has 6 saturated carbocycles. The van der Waals surface area contributed by atoms with Gasteiger partial charge in [0.05, 0.1) is 37.5 Å². The average Bonchev–Trinajstić information content (AvgIpc) is 2.86. The van der Waals surface area contributed by atoms with E-state index in [-0.39, 0.29) is 23.0 Å². The highest BCUT2D eigenvalue weighted by Gasteiger charge is 2.59. The predicted molar refractivity (Wildman–Crippen MR) is 136 cm³/mol. The second-order valence-electron chi connectivity index (χ2n) is 14.0. The maximum Gasteiger partial charge on any atom is 0.223 e. The number of carbonyl (C=O) groups is 2. The fourth-order valence-electron chi connectivity index (χ4n) is 10.7. The van der Waals surface area contributed by atoms with Crippen LogP contribution in [-0.4, -0.2) is 72.2 Å². The number of rotatable bonds is 4. The quantitative estimate of drug-likeness (QED) is 0.564. The van der Waals surface area contributed by atoms with Crippen LogP contribution in [0.25, 0.3) is 0 Å². The summed E-state index contributed by atoms with van der Waals surface area (Å²) in [5, 5.41) is 0. The van der Waals surface area contributed by atoms with Crippen molar-refractivity contribution in [2.24, 2.45) is 22.7 Å². The molecule has 8 fully saturated rings. The van der Waals surface area contributed by atoms with Crippen LogP contribution < -0.4 is 0 Å². The Kier molecular flexibility index (Phi) is 6.15. The molecule has 4 atom stereocenters. The number of fused-ring (bicyclic) bond motifs is 2. The summed E-state index contributed by atoms with van der Waals surface area (Å²) in [4.78, 5) is 32.1. The Morgan fingerprint density at radius 2 is 1.11 bits per heavy atom. The van der Waals surface area contributed by atoms with Crippen LogP contribution in [0, 0.1) is 22.7 Å². The van der Waals surface area contributed by atoms with E-state index in [1.165, 1.54) is 57.8 Å². The molecule has 0 radical (unpaired) electrons. The van der Waals surface area contributed by atoms with E-state index in [0.717, 1.165) is 45.2 Å². The molecule has 0 aromatic carbocycles. The molecule has 0 aromatic rings. The molecule has 2 saturated heterocycles. The molecule has 6 aliphatic carbocycles. The van der Waals surface area contributed by atoms with Crippen LogP contribution in [0.2, 0.25) is 0 Å². The Morgan fingerprint density at radius 1 is 0.667 bits per heavy atom. The number of carbonyl (C=O) groups excluding carboxylic acids is 2. The average molecular weight is 499 g/mol. The molecule has 0 aromatic heterocycles. The Labute approximate surface area is 216 Å². The van der Waals surface area contributed by atoms with Crippen LogP contribution in [0.3, 0.4) is 0 Å². The first-order valence-corrected chi connectivity index (χ1v) is 15.3. The molecule has 2 aliphatic heterocycles. The molecule has 200 valence electrons. The summed E-state index contributed by atoms with van der Waals surface area (Å²) < 4.78 is 12.1. The van der Waals surface area contributed by atoms with Gasteiger partial charge in [-0.3, -0.25) is 9.59 Å². The lowest BCUT2D eigenvalue weighted by Gasteiger charge is -2.62. The lowest BCUT2D eigenvalue weighted by Crippen LogP contribution is -2.59. The highest BCUT2D eigenvalue weighted by atomic mass is 16.5. The summed E-state index contributed by atoms with van der Waals surface area (Å²) in [6.45, 7) is 2.94. The molecule has 4 unspecified atom stereocenters. The van der Waals surface area contributed by atoms with E-state index >= 15 is 0 Å². The van der Waals surface area contributed by atoms with Gasteiger partial charge in [-0.05, 0) is 86.9 Å². The van der Waals surface area contributed by atoms with Crippen molar-refractivity contribution in [1.82, 2.24) is 9.80 Å². The van der Waals surface area contributed by atoms with Crippen LogP contribution in [0.5, 0.6) is 0 Å². The maximum atomic E-state index is 13.9. The third-order valence-corrected chi connectivity index (χ3v) is 11.5. The number of nitrogens with zero attached hydrogens (tertiary/aromatic N) is 2. The molecule has 0 spiro atoms. The molecular weight excluding hydrogens is 452 g/mol. The minimum atomic E-state index is 0.127. The number of hydrogen-bond donors (Lipinski definition) is 0. The summed E-state index contributed by atoms with van der Waals surface area (Å²) in [6, 6.07) is 0.600. The van der Waals surface area contributed by atoms with Crippen molar-refractivity contribution in [3.05, 3.63) is 0 Å². The van der Waals surface area contributed by atoms with E-state index in [0.29, 0.717) is 61.8 Å². The second kappa shape index (κ2) is 9.25. The van der Waals surface area contributed by atoms with Gasteiger partial charge in [0, 0.05) is 25.9 Å². The van der Waals surface area contributed by atoms with E-state index in [2.05, 4.69) is 9.80 Å². The molecule has 6 nitrogen and oxygen atoms in total. The van der Waals surface area contributed by atoms with E-state index in [4.69, 9.17) is 9.47 Å². The van der Waals surface area contributed by atoms with Gasteiger partial charge in [0.2, 0.25) is 11.8 Å². The van der Waals surface area contributed by atoms with Crippen molar-refractivity contribution >= 4 is 11.8 Å². The number of amides is 2. The van der Waals surface area contributed by atoms with E-state index < -0.39 is 0 Å². The SMILES string of the molecule is O=C(CC12CC3CC(C1)CC(CC(=O)N1CCOC4CCCCC41)(C3)C2)N1CCOC2CCCCC21. The minimum absolute atomic E-state index is 0.127. The number of morpholine rings is 2. The highest BCUT2D eigenvalue weighted by molar-refractivity contribution is 5.79. The summed E-state index contributed by atoms with van der Waals surface area (Å²) in [5.41, 5.74) is 0.255. The third-order valence-electron chi connectivity index (χ3n) is 11.5. The van der Waals surface area contributed by atoms with Gasteiger partial charge in [-0.2, -0.15) is 0 Å². The molecule has 4 bridgehead atoms. The first-order chi connectivity index (χ1) is 17.5. The van der Waals surface area contributed by atoms with Crippen LogP contribution in [0.1, 0.15) is 103 Å². The van der Waals surface area contributed by atoms with E-state index in [9.17, 15) is 9.59 Å². The van der Waals surface area contributed by atoms with E-state index in [1.807, 2.05) is 0 Å². The van der Waals surface area contributed by atoms with Gasteiger partial charge in [0.25, 0.3) is 0 Å². The van der Waals surface area contributed by atoms with Gasteiger partial charge in [-0.15, -0.1) is 0 Å². The normalized spacial score (nSPS) is 45.8. The molecule has 8 aliphatic rings. The van der Waals surface area contributed by atoms with Gasteiger partial charge >= 0.3 is 0 Å². The van der Waals surface area contributed by atoms with Crippen molar-refractivity contribution in [2.75, 3.05) is 26.3 Å².